The monoisotopic (exact) mass is 351 g/mol. The Kier molecular flexibility index (Phi) is 2.93. The number of aryl methyl sites for hydroxylation is 1. The van der Waals surface area contributed by atoms with E-state index in [9.17, 15) is 19.8 Å². The van der Waals surface area contributed by atoms with E-state index in [4.69, 9.17) is 4.42 Å². The maximum absolute atomic E-state index is 12.2. The first-order valence-corrected chi connectivity index (χ1v) is 8.69. The zero-order valence-electron chi connectivity index (χ0n) is 14.2. The van der Waals surface area contributed by atoms with Crippen LogP contribution >= 0.6 is 0 Å². The molecule has 3 aliphatic carbocycles. The SMILES string of the molecule is Cc1cc(=O)oc2cc(-n3c(O)c4c(c3O)[C@@H]3CC[C@H]4CC3=O)ccc12. The molecule has 0 radical (unpaired) electrons. The highest BCUT2D eigenvalue weighted by atomic mass is 16.4. The number of hydrogen-bond donors (Lipinski definition) is 2. The molecule has 0 aliphatic heterocycles. The summed E-state index contributed by atoms with van der Waals surface area (Å²) < 4.78 is 6.62. The van der Waals surface area contributed by atoms with Crippen molar-refractivity contribution >= 4 is 16.8 Å². The first-order chi connectivity index (χ1) is 12.5. The molecule has 2 N–H and O–H groups in total. The van der Waals surface area contributed by atoms with Gasteiger partial charge in [-0.15, -0.1) is 0 Å². The van der Waals surface area contributed by atoms with Crippen LogP contribution in [0.4, 0.5) is 0 Å². The Morgan fingerprint density at radius 3 is 2.62 bits per heavy atom. The topological polar surface area (TPSA) is 92.7 Å². The van der Waals surface area contributed by atoms with Crippen LogP contribution in [-0.2, 0) is 4.79 Å². The maximum atomic E-state index is 12.2. The van der Waals surface area contributed by atoms with Gasteiger partial charge in [0.25, 0.3) is 0 Å². The molecule has 0 unspecified atom stereocenters. The van der Waals surface area contributed by atoms with Crippen molar-refractivity contribution in [1.29, 1.82) is 0 Å². The van der Waals surface area contributed by atoms with Gasteiger partial charge in [-0.25, -0.2) is 4.79 Å². The molecule has 2 aromatic heterocycles. The number of Topliss-reactive ketones (excluding diaryl/α,β-unsaturated/α-hetero) is 1. The summed E-state index contributed by atoms with van der Waals surface area (Å²) in [5, 5.41) is 22.4. The van der Waals surface area contributed by atoms with Gasteiger partial charge >= 0.3 is 5.63 Å². The number of ketones is 1. The molecular formula is C20H17NO5. The van der Waals surface area contributed by atoms with Crippen molar-refractivity contribution in [3.63, 3.8) is 0 Å². The lowest BCUT2D eigenvalue weighted by Gasteiger charge is -2.34. The summed E-state index contributed by atoms with van der Waals surface area (Å²) in [6.07, 6.45) is 1.96. The summed E-state index contributed by atoms with van der Waals surface area (Å²) in [4.78, 5) is 23.9. The molecule has 1 saturated carbocycles. The number of fused-ring (bicyclic) bond motifs is 3. The summed E-state index contributed by atoms with van der Waals surface area (Å²) in [6, 6.07) is 6.59. The van der Waals surface area contributed by atoms with Crippen LogP contribution in [0.25, 0.3) is 16.7 Å². The van der Waals surface area contributed by atoms with Crippen LogP contribution in [0.5, 0.6) is 11.8 Å². The average molecular weight is 351 g/mol. The second-order valence-corrected chi connectivity index (χ2v) is 7.24. The largest absolute Gasteiger partial charge is 0.494 e. The molecule has 0 spiro atoms. The summed E-state index contributed by atoms with van der Waals surface area (Å²) >= 11 is 0. The Labute approximate surface area is 148 Å². The number of nitrogens with zero attached hydrogens (tertiary/aromatic N) is 1. The van der Waals surface area contributed by atoms with Crippen LogP contribution in [0, 0.1) is 6.92 Å². The standard InChI is InChI=1S/C20H17NO5/c1-9-6-16(23)26-15-8-11(3-5-12(9)15)21-19(24)17-10-2-4-13(14(22)7-10)18(17)20(21)25/h3,5-6,8,10,13,24-25H,2,4,7H2,1H3/t10-,13+/m0/s1. The average Bonchev–Trinajstić information content (AvgIpc) is 2.87. The van der Waals surface area contributed by atoms with E-state index in [1.54, 1.807) is 18.2 Å². The smallest absolute Gasteiger partial charge is 0.336 e. The fourth-order valence-electron chi connectivity index (χ4n) is 4.59. The van der Waals surface area contributed by atoms with Crippen LogP contribution < -0.4 is 5.63 Å². The van der Waals surface area contributed by atoms with Gasteiger partial charge in [0.15, 0.2) is 0 Å². The third-order valence-electron chi connectivity index (χ3n) is 5.79. The van der Waals surface area contributed by atoms with Crippen molar-refractivity contribution in [2.75, 3.05) is 0 Å². The lowest BCUT2D eigenvalue weighted by atomic mass is 9.67. The van der Waals surface area contributed by atoms with Crippen molar-refractivity contribution in [1.82, 2.24) is 4.57 Å². The van der Waals surface area contributed by atoms with Gasteiger partial charge in [-0.2, -0.15) is 0 Å². The molecule has 0 saturated heterocycles. The Morgan fingerprint density at radius 2 is 1.85 bits per heavy atom. The van der Waals surface area contributed by atoms with E-state index < -0.39 is 5.63 Å². The minimum Gasteiger partial charge on any atom is -0.494 e. The Balaban J connectivity index is 1.77. The van der Waals surface area contributed by atoms with Crippen LogP contribution in [0.15, 0.2) is 33.5 Å². The summed E-state index contributed by atoms with van der Waals surface area (Å²) in [5.41, 5.74) is 2.46. The summed E-state index contributed by atoms with van der Waals surface area (Å²) in [5.74, 6) is -0.400. The van der Waals surface area contributed by atoms with E-state index in [-0.39, 0.29) is 29.4 Å². The molecule has 2 bridgehead atoms. The molecule has 132 valence electrons. The molecule has 26 heavy (non-hydrogen) atoms. The highest BCUT2D eigenvalue weighted by Gasteiger charge is 2.45. The van der Waals surface area contributed by atoms with Crippen molar-refractivity contribution in [2.24, 2.45) is 0 Å². The first-order valence-electron chi connectivity index (χ1n) is 8.69. The quantitative estimate of drug-likeness (QED) is 0.657. The van der Waals surface area contributed by atoms with Gasteiger partial charge in [-0.05, 0) is 43.4 Å². The summed E-state index contributed by atoms with van der Waals surface area (Å²) in [7, 11) is 0. The number of aromatic nitrogens is 1. The van der Waals surface area contributed by atoms with Crippen molar-refractivity contribution in [3.05, 3.63) is 51.4 Å². The van der Waals surface area contributed by atoms with Gasteiger partial charge in [0.1, 0.15) is 11.4 Å². The normalized spacial score (nSPS) is 21.3. The minimum atomic E-state index is -0.448. The number of rotatable bonds is 1. The van der Waals surface area contributed by atoms with Gasteiger partial charge in [-0.3, -0.25) is 9.36 Å². The van der Waals surface area contributed by atoms with Crippen molar-refractivity contribution in [2.45, 2.75) is 38.0 Å². The predicted molar refractivity (Wildman–Crippen MR) is 94.2 cm³/mol. The fraction of sp³-hybridized carbons (Fsp3) is 0.300. The van der Waals surface area contributed by atoms with Crippen molar-refractivity contribution < 1.29 is 19.4 Å². The highest BCUT2D eigenvalue weighted by Crippen LogP contribution is 2.55. The zero-order valence-corrected chi connectivity index (χ0v) is 14.2. The van der Waals surface area contributed by atoms with E-state index in [1.165, 1.54) is 10.6 Å². The van der Waals surface area contributed by atoms with Crippen LogP contribution in [-0.4, -0.2) is 20.6 Å². The third kappa shape index (κ3) is 1.87. The van der Waals surface area contributed by atoms with Crippen LogP contribution in [0.2, 0.25) is 0 Å². The van der Waals surface area contributed by atoms with E-state index in [0.29, 0.717) is 35.2 Å². The maximum Gasteiger partial charge on any atom is 0.336 e. The lowest BCUT2D eigenvalue weighted by Crippen LogP contribution is -2.28. The van der Waals surface area contributed by atoms with E-state index in [2.05, 4.69) is 0 Å². The van der Waals surface area contributed by atoms with Gasteiger partial charge < -0.3 is 14.6 Å². The second kappa shape index (κ2) is 5.00. The Hall–Kier alpha value is -3.02. The number of carbonyl (C=O) groups is 1. The summed E-state index contributed by atoms with van der Waals surface area (Å²) in [6.45, 7) is 1.82. The number of aromatic hydroxyl groups is 2. The molecule has 2 atom stereocenters. The lowest BCUT2D eigenvalue weighted by molar-refractivity contribution is -0.123. The Morgan fingerprint density at radius 1 is 1.08 bits per heavy atom. The second-order valence-electron chi connectivity index (χ2n) is 7.24. The molecule has 3 aromatic rings. The van der Waals surface area contributed by atoms with Crippen molar-refractivity contribution in [3.8, 4) is 17.4 Å². The minimum absolute atomic E-state index is 0.0333. The fourth-order valence-corrected chi connectivity index (χ4v) is 4.59. The molecule has 0 amide bonds. The predicted octanol–water partition coefficient (Wildman–Crippen LogP) is 3.24. The van der Waals surface area contributed by atoms with E-state index in [1.807, 2.05) is 6.92 Å². The molecule has 3 aliphatic rings. The number of hydrogen-bond acceptors (Lipinski definition) is 5. The number of carbonyl (C=O) groups excluding carboxylic acids is 1. The third-order valence-corrected chi connectivity index (χ3v) is 5.79. The molecular weight excluding hydrogens is 334 g/mol. The van der Waals surface area contributed by atoms with Gasteiger partial charge in [0.2, 0.25) is 11.8 Å². The van der Waals surface area contributed by atoms with Crippen LogP contribution in [0.1, 0.15) is 47.8 Å². The molecule has 1 fully saturated rings. The van der Waals surface area contributed by atoms with E-state index >= 15 is 0 Å². The first kappa shape index (κ1) is 15.3. The molecule has 6 rings (SSSR count). The van der Waals surface area contributed by atoms with E-state index in [0.717, 1.165) is 17.4 Å². The molecule has 6 heteroatoms. The molecule has 1 aromatic carbocycles. The molecule has 6 nitrogen and oxygen atoms in total. The van der Waals surface area contributed by atoms with Gasteiger partial charge in [0.05, 0.1) is 5.69 Å². The number of benzene rings is 1. The zero-order chi connectivity index (χ0) is 18.2. The van der Waals surface area contributed by atoms with Gasteiger partial charge in [-0.1, -0.05) is 0 Å². The molecule has 2 heterocycles. The van der Waals surface area contributed by atoms with Gasteiger partial charge in [0, 0.05) is 41.0 Å². The van der Waals surface area contributed by atoms with Crippen LogP contribution in [0.3, 0.4) is 0 Å². The Bertz CT molecular complexity index is 1150. The highest BCUT2D eigenvalue weighted by molar-refractivity contribution is 5.91.